The quantitative estimate of drug-likeness (QED) is 0.822. The fourth-order valence-corrected chi connectivity index (χ4v) is 1.97. The van der Waals surface area contributed by atoms with E-state index < -0.39 is 5.97 Å². The molecule has 1 aliphatic rings. The van der Waals surface area contributed by atoms with Crippen LogP contribution in [0.5, 0.6) is 6.01 Å². The third-order valence-corrected chi connectivity index (χ3v) is 3.01. The second-order valence-electron chi connectivity index (χ2n) is 4.44. The second-order valence-corrected chi connectivity index (χ2v) is 4.44. The third-order valence-electron chi connectivity index (χ3n) is 3.01. The van der Waals surface area contributed by atoms with Crippen molar-refractivity contribution >= 4 is 5.97 Å². The summed E-state index contributed by atoms with van der Waals surface area (Å²) in [5.74, 6) is -0.395. The van der Waals surface area contributed by atoms with Gasteiger partial charge >= 0.3 is 12.0 Å². The molecule has 0 aliphatic carbocycles. The minimum Gasteiger partial charge on any atom is -0.462 e. The lowest BCUT2D eigenvalue weighted by atomic mass is 10.1. The van der Waals surface area contributed by atoms with Crippen LogP contribution in [0.25, 0.3) is 0 Å². The Labute approximate surface area is 112 Å². The van der Waals surface area contributed by atoms with Crippen LogP contribution in [0.15, 0.2) is 6.20 Å². The summed E-state index contributed by atoms with van der Waals surface area (Å²) in [4.78, 5) is 19.9. The molecule has 104 valence electrons. The molecule has 0 unspecified atom stereocenters. The van der Waals surface area contributed by atoms with Crippen molar-refractivity contribution in [3.05, 3.63) is 17.5 Å². The highest BCUT2D eigenvalue weighted by atomic mass is 16.5. The van der Waals surface area contributed by atoms with Gasteiger partial charge in [-0.1, -0.05) is 0 Å². The van der Waals surface area contributed by atoms with Gasteiger partial charge in [0.05, 0.1) is 17.9 Å². The van der Waals surface area contributed by atoms with Gasteiger partial charge in [-0.3, -0.25) is 0 Å². The Kier molecular flexibility index (Phi) is 4.68. The van der Waals surface area contributed by atoms with Crippen LogP contribution in [-0.4, -0.2) is 41.7 Å². The first-order chi connectivity index (χ1) is 9.20. The number of carbonyl (C=O) groups is 1. The number of aryl methyl sites for hydroxylation is 1. The summed E-state index contributed by atoms with van der Waals surface area (Å²) in [6, 6.07) is 0.331. The summed E-state index contributed by atoms with van der Waals surface area (Å²) >= 11 is 0. The highest BCUT2D eigenvalue weighted by Gasteiger charge is 2.18. The first-order valence-electron chi connectivity index (χ1n) is 6.59. The van der Waals surface area contributed by atoms with Crippen molar-refractivity contribution in [1.29, 1.82) is 0 Å². The van der Waals surface area contributed by atoms with Gasteiger partial charge in [0, 0.05) is 6.20 Å². The Hall–Kier alpha value is -1.69. The lowest BCUT2D eigenvalue weighted by Gasteiger charge is -2.22. The van der Waals surface area contributed by atoms with Crippen molar-refractivity contribution in [2.75, 3.05) is 19.7 Å². The Morgan fingerprint density at radius 1 is 1.47 bits per heavy atom. The summed E-state index contributed by atoms with van der Waals surface area (Å²) in [6.45, 7) is 5.76. The number of piperidine rings is 1. The molecular formula is C13H19N3O3. The minimum atomic E-state index is -0.395. The number of rotatable bonds is 4. The van der Waals surface area contributed by atoms with E-state index in [0.29, 0.717) is 23.9 Å². The maximum Gasteiger partial charge on any atom is 0.341 e. The topological polar surface area (TPSA) is 73.3 Å². The molecule has 6 nitrogen and oxygen atoms in total. The number of nitrogens with zero attached hydrogens (tertiary/aromatic N) is 2. The summed E-state index contributed by atoms with van der Waals surface area (Å²) in [5, 5.41) is 3.27. The molecule has 0 aromatic carbocycles. The van der Waals surface area contributed by atoms with E-state index in [9.17, 15) is 4.79 Å². The monoisotopic (exact) mass is 265 g/mol. The zero-order chi connectivity index (χ0) is 13.7. The normalized spacial score (nSPS) is 16.1. The molecule has 1 aromatic rings. The van der Waals surface area contributed by atoms with Crippen molar-refractivity contribution < 1.29 is 14.3 Å². The van der Waals surface area contributed by atoms with Crippen LogP contribution in [0.1, 0.15) is 35.8 Å². The van der Waals surface area contributed by atoms with E-state index in [2.05, 4.69) is 15.3 Å². The minimum absolute atomic E-state index is 0.147. The molecule has 0 saturated carbocycles. The molecule has 0 bridgehead atoms. The van der Waals surface area contributed by atoms with Crippen molar-refractivity contribution in [2.24, 2.45) is 0 Å². The lowest BCUT2D eigenvalue weighted by Crippen LogP contribution is -2.34. The Bertz CT molecular complexity index is 445. The Morgan fingerprint density at radius 3 is 2.84 bits per heavy atom. The SMILES string of the molecule is CCOC(=O)c1cnc(OC2CCNCC2)nc1C. The predicted octanol–water partition coefficient (Wildman–Crippen LogP) is 1.09. The lowest BCUT2D eigenvalue weighted by molar-refractivity contribution is 0.0524. The van der Waals surface area contributed by atoms with Gasteiger partial charge in [-0.2, -0.15) is 4.98 Å². The molecule has 2 rings (SSSR count). The number of ether oxygens (including phenoxy) is 2. The molecule has 0 amide bonds. The predicted molar refractivity (Wildman–Crippen MR) is 69.2 cm³/mol. The third kappa shape index (κ3) is 3.64. The van der Waals surface area contributed by atoms with Crippen molar-refractivity contribution in [2.45, 2.75) is 32.8 Å². The molecule has 1 fully saturated rings. The van der Waals surface area contributed by atoms with E-state index >= 15 is 0 Å². The van der Waals surface area contributed by atoms with Crippen molar-refractivity contribution in [3.8, 4) is 6.01 Å². The van der Waals surface area contributed by atoms with Gasteiger partial charge in [-0.05, 0) is 39.8 Å². The van der Waals surface area contributed by atoms with E-state index in [1.807, 2.05) is 0 Å². The second kappa shape index (κ2) is 6.47. The summed E-state index contributed by atoms with van der Waals surface area (Å²) in [6.07, 6.45) is 3.51. The largest absolute Gasteiger partial charge is 0.462 e. The zero-order valence-corrected chi connectivity index (χ0v) is 11.3. The van der Waals surface area contributed by atoms with E-state index in [0.717, 1.165) is 25.9 Å². The van der Waals surface area contributed by atoms with E-state index in [1.165, 1.54) is 6.20 Å². The first kappa shape index (κ1) is 13.7. The molecular weight excluding hydrogens is 246 g/mol. The zero-order valence-electron chi connectivity index (χ0n) is 11.3. The maximum atomic E-state index is 11.6. The standard InChI is InChI=1S/C13H19N3O3/c1-3-18-12(17)11-8-15-13(16-9(11)2)19-10-4-6-14-7-5-10/h8,10,14H,3-7H2,1-2H3. The average molecular weight is 265 g/mol. The summed E-state index contributed by atoms with van der Waals surface area (Å²) < 4.78 is 10.6. The van der Waals surface area contributed by atoms with Crippen LogP contribution in [0.3, 0.4) is 0 Å². The van der Waals surface area contributed by atoms with Crippen LogP contribution < -0.4 is 10.1 Å². The van der Waals surface area contributed by atoms with Gasteiger partial charge in [0.2, 0.25) is 0 Å². The van der Waals surface area contributed by atoms with E-state index in [4.69, 9.17) is 9.47 Å². The first-order valence-corrected chi connectivity index (χ1v) is 6.59. The smallest absolute Gasteiger partial charge is 0.341 e. The van der Waals surface area contributed by atoms with Crippen LogP contribution >= 0.6 is 0 Å². The molecule has 0 radical (unpaired) electrons. The molecule has 1 N–H and O–H groups in total. The van der Waals surface area contributed by atoms with Gasteiger partial charge in [-0.15, -0.1) is 0 Å². The fraction of sp³-hybridized carbons (Fsp3) is 0.615. The molecule has 19 heavy (non-hydrogen) atoms. The summed E-state index contributed by atoms with van der Waals surface area (Å²) in [5.41, 5.74) is 0.969. The molecule has 6 heteroatoms. The van der Waals surface area contributed by atoms with Gasteiger partial charge in [0.15, 0.2) is 0 Å². The maximum absolute atomic E-state index is 11.6. The summed E-state index contributed by atoms with van der Waals surface area (Å²) in [7, 11) is 0. The van der Waals surface area contributed by atoms with Crippen molar-refractivity contribution in [1.82, 2.24) is 15.3 Å². The van der Waals surface area contributed by atoms with Gasteiger partial charge in [0.1, 0.15) is 6.10 Å². The van der Waals surface area contributed by atoms with Crippen LogP contribution in [0.4, 0.5) is 0 Å². The highest BCUT2D eigenvalue weighted by Crippen LogP contribution is 2.14. The molecule has 1 aromatic heterocycles. The highest BCUT2D eigenvalue weighted by molar-refractivity contribution is 5.90. The molecule has 2 heterocycles. The number of aromatic nitrogens is 2. The number of esters is 1. The molecule has 0 spiro atoms. The molecule has 0 atom stereocenters. The van der Waals surface area contributed by atoms with Crippen molar-refractivity contribution in [3.63, 3.8) is 0 Å². The van der Waals surface area contributed by atoms with E-state index in [-0.39, 0.29) is 6.10 Å². The van der Waals surface area contributed by atoms with Gasteiger partial charge < -0.3 is 14.8 Å². The van der Waals surface area contributed by atoms with Crippen LogP contribution in [0.2, 0.25) is 0 Å². The molecule has 1 aliphatic heterocycles. The average Bonchev–Trinajstić information content (AvgIpc) is 2.40. The molecule has 1 saturated heterocycles. The Morgan fingerprint density at radius 2 is 2.21 bits per heavy atom. The number of hydrogen-bond acceptors (Lipinski definition) is 6. The number of nitrogens with one attached hydrogen (secondary N) is 1. The number of carbonyl (C=O) groups excluding carboxylic acids is 1. The number of hydrogen-bond donors (Lipinski definition) is 1. The Balaban J connectivity index is 2.03. The van der Waals surface area contributed by atoms with Gasteiger partial charge in [-0.25, -0.2) is 9.78 Å². The fourth-order valence-electron chi connectivity index (χ4n) is 1.97. The van der Waals surface area contributed by atoms with E-state index in [1.54, 1.807) is 13.8 Å². The van der Waals surface area contributed by atoms with Gasteiger partial charge in [0.25, 0.3) is 0 Å². The van der Waals surface area contributed by atoms with Crippen LogP contribution in [-0.2, 0) is 4.74 Å². The van der Waals surface area contributed by atoms with Crippen LogP contribution in [0, 0.1) is 6.92 Å².